The molecule has 0 aliphatic carbocycles. The van der Waals surface area contributed by atoms with Crippen LogP contribution in [0.15, 0.2) is 24.3 Å². The Morgan fingerprint density at radius 1 is 1.39 bits per heavy atom. The lowest BCUT2D eigenvalue weighted by Crippen LogP contribution is -2.00. The van der Waals surface area contributed by atoms with Crippen LogP contribution in [0.3, 0.4) is 0 Å². The van der Waals surface area contributed by atoms with Crippen molar-refractivity contribution >= 4 is 17.6 Å². The molecule has 2 N–H and O–H groups in total. The lowest BCUT2D eigenvalue weighted by molar-refractivity contribution is -0.136. The van der Waals surface area contributed by atoms with Gasteiger partial charge < -0.3 is 10.1 Å². The molecule has 18 heavy (non-hydrogen) atoms. The minimum atomic E-state index is -0.937. The van der Waals surface area contributed by atoms with E-state index in [2.05, 4.69) is 16.9 Å². The molecule has 0 aliphatic rings. The molecule has 0 atom stereocenters. The zero-order chi connectivity index (χ0) is 13.1. The normalized spacial score (nSPS) is 10.6. The Hall–Kier alpha value is -1.81. The Morgan fingerprint density at radius 2 is 2.06 bits per heavy atom. The Bertz CT molecular complexity index is 561. The van der Waals surface area contributed by atoms with Crippen LogP contribution < -0.4 is 0 Å². The van der Waals surface area contributed by atoms with Crippen LogP contribution in [0.4, 0.5) is 0 Å². The molecule has 0 spiro atoms. The molecule has 0 radical (unpaired) electrons. The number of hydrogen-bond donors (Lipinski definition) is 2. The summed E-state index contributed by atoms with van der Waals surface area (Å²) in [7, 11) is 0. The van der Waals surface area contributed by atoms with E-state index in [4.69, 9.17) is 16.7 Å². The van der Waals surface area contributed by atoms with Gasteiger partial charge in [-0.3, -0.25) is 4.79 Å². The molecule has 0 amide bonds. The van der Waals surface area contributed by atoms with E-state index < -0.39 is 5.97 Å². The number of hydrogen-bond acceptors (Lipinski definition) is 2. The number of carbonyl (C=O) groups is 1. The van der Waals surface area contributed by atoms with Gasteiger partial charge in [-0.25, -0.2) is 4.98 Å². The molecule has 5 heteroatoms. The van der Waals surface area contributed by atoms with Gasteiger partial charge in [0.15, 0.2) is 5.15 Å². The summed E-state index contributed by atoms with van der Waals surface area (Å²) in [5.41, 5.74) is 2.56. The second-order valence-corrected chi connectivity index (χ2v) is 4.33. The van der Waals surface area contributed by atoms with Gasteiger partial charge in [-0.05, 0) is 12.0 Å². The first-order valence-electron chi connectivity index (χ1n) is 5.65. The summed E-state index contributed by atoms with van der Waals surface area (Å²) in [5, 5.41) is 8.95. The van der Waals surface area contributed by atoms with Crippen molar-refractivity contribution in [1.29, 1.82) is 0 Å². The molecule has 0 unspecified atom stereocenters. The quantitative estimate of drug-likeness (QED) is 0.892. The van der Waals surface area contributed by atoms with Gasteiger partial charge in [0, 0.05) is 5.56 Å². The third-order valence-corrected chi connectivity index (χ3v) is 3.00. The molecule has 1 heterocycles. The number of aliphatic carboxylic acids is 1. The third-order valence-electron chi connectivity index (χ3n) is 2.69. The van der Waals surface area contributed by atoms with E-state index in [0.29, 0.717) is 11.5 Å². The lowest BCUT2D eigenvalue weighted by atomic mass is 10.1. The molecule has 0 aliphatic heterocycles. The molecule has 4 nitrogen and oxygen atoms in total. The van der Waals surface area contributed by atoms with Crippen LogP contribution in [-0.4, -0.2) is 21.0 Å². The summed E-state index contributed by atoms with van der Waals surface area (Å²) in [6.07, 6.45) is 0.822. The second-order valence-electron chi connectivity index (χ2n) is 3.98. The Morgan fingerprint density at radius 3 is 2.61 bits per heavy atom. The van der Waals surface area contributed by atoms with Gasteiger partial charge in [0.25, 0.3) is 0 Å². The maximum absolute atomic E-state index is 10.6. The van der Waals surface area contributed by atoms with Crippen molar-refractivity contribution in [3.63, 3.8) is 0 Å². The third kappa shape index (κ3) is 2.71. The number of carboxylic acids is 1. The van der Waals surface area contributed by atoms with Crippen LogP contribution in [0.5, 0.6) is 0 Å². The number of nitrogens with zero attached hydrogens (tertiary/aromatic N) is 1. The van der Waals surface area contributed by atoms with Crippen molar-refractivity contribution < 1.29 is 9.90 Å². The zero-order valence-corrected chi connectivity index (χ0v) is 10.7. The van der Waals surface area contributed by atoms with Crippen LogP contribution in [0.1, 0.15) is 18.2 Å². The highest BCUT2D eigenvalue weighted by Crippen LogP contribution is 2.22. The fourth-order valence-corrected chi connectivity index (χ4v) is 1.89. The minimum Gasteiger partial charge on any atom is -0.481 e. The summed E-state index contributed by atoms with van der Waals surface area (Å²) >= 11 is 5.89. The summed E-state index contributed by atoms with van der Waals surface area (Å²) < 4.78 is 0. The average molecular weight is 265 g/mol. The summed E-state index contributed by atoms with van der Waals surface area (Å²) in [4.78, 5) is 17.7. The van der Waals surface area contributed by atoms with E-state index in [1.807, 2.05) is 24.3 Å². The topological polar surface area (TPSA) is 66.0 Å². The fourth-order valence-electron chi connectivity index (χ4n) is 1.69. The van der Waals surface area contributed by atoms with E-state index in [1.165, 1.54) is 5.56 Å². The molecule has 2 aromatic rings. The molecular weight excluding hydrogens is 252 g/mol. The summed E-state index contributed by atoms with van der Waals surface area (Å²) in [6.45, 7) is 2.09. The number of aryl methyl sites for hydroxylation is 1. The minimum absolute atomic E-state index is 0.154. The van der Waals surface area contributed by atoms with Crippen molar-refractivity contribution in [2.45, 2.75) is 19.8 Å². The van der Waals surface area contributed by atoms with Crippen LogP contribution in [0, 0.1) is 0 Å². The molecular formula is C13H13ClN2O2. The summed E-state index contributed by atoms with van der Waals surface area (Å²) in [6, 6.07) is 7.92. The number of halogens is 1. The van der Waals surface area contributed by atoms with Gasteiger partial charge in [0.2, 0.25) is 0 Å². The van der Waals surface area contributed by atoms with Crippen LogP contribution in [-0.2, 0) is 17.6 Å². The largest absolute Gasteiger partial charge is 0.481 e. The molecule has 0 bridgehead atoms. The molecule has 1 aromatic carbocycles. The highest BCUT2D eigenvalue weighted by Gasteiger charge is 2.12. The zero-order valence-electron chi connectivity index (χ0n) is 9.90. The van der Waals surface area contributed by atoms with Crippen LogP contribution in [0.25, 0.3) is 11.4 Å². The van der Waals surface area contributed by atoms with E-state index in [9.17, 15) is 4.79 Å². The van der Waals surface area contributed by atoms with E-state index >= 15 is 0 Å². The van der Waals surface area contributed by atoms with Crippen molar-refractivity contribution in [2.75, 3.05) is 0 Å². The highest BCUT2D eigenvalue weighted by atomic mass is 35.5. The molecule has 0 fully saturated rings. The van der Waals surface area contributed by atoms with Gasteiger partial charge in [0.05, 0.1) is 12.1 Å². The van der Waals surface area contributed by atoms with Gasteiger partial charge >= 0.3 is 5.97 Å². The monoisotopic (exact) mass is 264 g/mol. The van der Waals surface area contributed by atoms with Crippen LogP contribution >= 0.6 is 11.6 Å². The van der Waals surface area contributed by atoms with E-state index in [1.54, 1.807) is 0 Å². The lowest BCUT2D eigenvalue weighted by Gasteiger charge is -1.99. The van der Waals surface area contributed by atoms with Crippen molar-refractivity contribution in [3.05, 3.63) is 40.7 Å². The number of aromatic amines is 1. The Balaban J connectivity index is 2.30. The first kappa shape index (κ1) is 12.6. The van der Waals surface area contributed by atoms with Crippen LogP contribution in [0.2, 0.25) is 5.15 Å². The predicted molar refractivity (Wildman–Crippen MR) is 69.8 cm³/mol. The first-order valence-corrected chi connectivity index (χ1v) is 6.03. The van der Waals surface area contributed by atoms with E-state index in [-0.39, 0.29) is 11.6 Å². The second kappa shape index (κ2) is 5.23. The predicted octanol–water partition coefficient (Wildman–Crippen LogP) is 2.92. The summed E-state index contributed by atoms with van der Waals surface area (Å²) in [5.74, 6) is -0.340. The Kier molecular flexibility index (Phi) is 3.67. The standard InChI is InChI=1S/C13H13ClN2O2/c1-2-8-3-5-9(6-4-8)13-15-10(7-11(17)18)12(14)16-13/h3-6H,2,7H2,1H3,(H,15,16)(H,17,18). The number of benzene rings is 1. The Labute approximate surface area is 110 Å². The SMILES string of the molecule is CCc1ccc(-c2nc(Cl)c(CC(=O)O)[nH]2)cc1. The number of aromatic nitrogens is 2. The molecule has 0 saturated carbocycles. The maximum Gasteiger partial charge on any atom is 0.309 e. The van der Waals surface area contributed by atoms with E-state index in [0.717, 1.165) is 12.0 Å². The fraction of sp³-hybridized carbons (Fsp3) is 0.231. The smallest absolute Gasteiger partial charge is 0.309 e. The van der Waals surface area contributed by atoms with Crippen molar-refractivity contribution in [2.24, 2.45) is 0 Å². The number of rotatable bonds is 4. The van der Waals surface area contributed by atoms with Crippen molar-refractivity contribution in [3.8, 4) is 11.4 Å². The average Bonchev–Trinajstić information content (AvgIpc) is 2.70. The molecule has 94 valence electrons. The molecule has 0 saturated heterocycles. The highest BCUT2D eigenvalue weighted by molar-refractivity contribution is 6.30. The van der Waals surface area contributed by atoms with Gasteiger partial charge in [0.1, 0.15) is 5.82 Å². The van der Waals surface area contributed by atoms with Gasteiger partial charge in [-0.2, -0.15) is 0 Å². The van der Waals surface area contributed by atoms with Gasteiger partial charge in [-0.1, -0.05) is 42.8 Å². The first-order chi connectivity index (χ1) is 8.60. The molecule has 1 aromatic heterocycles. The number of nitrogens with one attached hydrogen (secondary N) is 1. The number of imidazole rings is 1. The maximum atomic E-state index is 10.6. The van der Waals surface area contributed by atoms with Gasteiger partial charge in [-0.15, -0.1) is 0 Å². The number of H-pyrrole nitrogens is 1. The number of carboxylic acid groups (broad SMARTS) is 1. The van der Waals surface area contributed by atoms with Crippen molar-refractivity contribution in [1.82, 2.24) is 9.97 Å². The molecule has 2 rings (SSSR count).